The first-order chi connectivity index (χ1) is 9.26. The summed E-state index contributed by atoms with van der Waals surface area (Å²) in [5, 5.41) is -0.0132. The van der Waals surface area contributed by atoms with Gasteiger partial charge in [-0.15, -0.1) is 13.2 Å². The molecule has 0 spiro atoms. The average Bonchev–Trinajstić information content (AvgIpc) is 2.31. The number of hydrogen-bond acceptors (Lipinski definition) is 1. The molecule has 0 fully saturated rings. The van der Waals surface area contributed by atoms with Gasteiger partial charge in [-0.1, -0.05) is 17.7 Å². The lowest BCUT2D eigenvalue weighted by Crippen LogP contribution is -2.17. The Labute approximate surface area is 130 Å². The highest BCUT2D eigenvalue weighted by molar-refractivity contribution is 14.1. The summed E-state index contributed by atoms with van der Waals surface area (Å²) in [5.74, 6) is -0.907. The molecule has 0 radical (unpaired) electrons. The molecule has 0 aromatic heterocycles. The SMILES string of the molecule is Fc1cc(-c2ccc(OC(F)(F)F)cc2I)ccc1Cl. The van der Waals surface area contributed by atoms with Crippen molar-refractivity contribution in [1.29, 1.82) is 0 Å². The lowest BCUT2D eigenvalue weighted by Gasteiger charge is -2.11. The Balaban J connectivity index is 2.36. The van der Waals surface area contributed by atoms with E-state index in [0.717, 1.165) is 0 Å². The monoisotopic (exact) mass is 416 g/mol. The molecule has 20 heavy (non-hydrogen) atoms. The second-order valence-corrected chi connectivity index (χ2v) is 5.39. The maximum absolute atomic E-state index is 13.4. The van der Waals surface area contributed by atoms with Crippen LogP contribution in [-0.4, -0.2) is 6.36 Å². The van der Waals surface area contributed by atoms with Gasteiger partial charge in [0.05, 0.1) is 5.02 Å². The molecule has 0 aliphatic heterocycles. The van der Waals surface area contributed by atoms with Gasteiger partial charge in [0, 0.05) is 3.57 Å². The molecule has 0 unspecified atom stereocenters. The van der Waals surface area contributed by atoms with Crippen molar-refractivity contribution < 1.29 is 22.3 Å². The Morgan fingerprint density at radius 2 is 1.75 bits per heavy atom. The van der Waals surface area contributed by atoms with E-state index in [1.165, 1.54) is 30.3 Å². The fourth-order valence-corrected chi connectivity index (χ4v) is 2.51. The zero-order chi connectivity index (χ0) is 14.9. The first-order valence-corrected chi connectivity index (χ1v) is 6.72. The van der Waals surface area contributed by atoms with Crippen LogP contribution < -0.4 is 4.74 Å². The largest absolute Gasteiger partial charge is 0.573 e. The van der Waals surface area contributed by atoms with E-state index in [4.69, 9.17) is 11.6 Å². The van der Waals surface area contributed by atoms with Crippen LogP contribution in [0.4, 0.5) is 17.6 Å². The van der Waals surface area contributed by atoms with E-state index in [-0.39, 0.29) is 10.8 Å². The number of rotatable bonds is 2. The predicted octanol–water partition coefficient (Wildman–Crippen LogP) is 5.65. The number of alkyl halides is 3. The van der Waals surface area contributed by atoms with Crippen molar-refractivity contribution in [3.05, 3.63) is 50.8 Å². The summed E-state index contributed by atoms with van der Waals surface area (Å²) < 4.78 is 54.0. The van der Waals surface area contributed by atoms with Crippen LogP contribution in [0.3, 0.4) is 0 Å². The molecular weight excluding hydrogens is 410 g/mol. The molecular formula is C13H6ClF4IO. The average molecular weight is 417 g/mol. The third-order valence-electron chi connectivity index (χ3n) is 2.40. The minimum atomic E-state index is -4.74. The number of ether oxygens (including phenoxy) is 1. The van der Waals surface area contributed by atoms with Gasteiger partial charge in [0.25, 0.3) is 0 Å². The summed E-state index contributed by atoms with van der Waals surface area (Å²) >= 11 is 7.44. The van der Waals surface area contributed by atoms with E-state index >= 15 is 0 Å². The molecule has 2 aromatic rings. The van der Waals surface area contributed by atoms with E-state index in [2.05, 4.69) is 4.74 Å². The van der Waals surface area contributed by atoms with Gasteiger partial charge in [-0.05, 0) is 64.0 Å². The van der Waals surface area contributed by atoms with Gasteiger partial charge < -0.3 is 4.74 Å². The standard InChI is InChI=1S/C13H6ClF4IO/c14-10-4-1-7(5-11(10)15)9-3-2-8(6-12(9)19)20-13(16,17)18/h1-6H. The van der Waals surface area contributed by atoms with Gasteiger partial charge in [-0.25, -0.2) is 4.39 Å². The molecule has 0 N–H and O–H groups in total. The van der Waals surface area contributed by atoms with Crippen LogP contribution in [0.1, 0.15) is 0 Å². The van der Waals surface area contributed by atoms with Crippen LogP contribution in [0.2, 0.25) is 5.02 Å². The highest BCUT2D eigenvalue weighted by Gasteiger charge is 2.31. The molecule has 0 heterocycles. The fraction of sp³-hybridized carbons (Fsp3) is 0.0769. The van der Waals surface area contributed by atoms with Crippen molar-refractivity contribution in [2.24, 2.45) is 0 Å². The second-order valence-electron chi connectivity index (χ2n) is 3.82. The van der Waals surface area contributed by atoms with Crippen LogP contribution >= 0.6 is 34.2 Å². The molecule has 2 rings (SSSR count). The van der Waals surface area contributed by atoms with Gasteiger partial charge in [0.15, 0.2) is 0 Å². The van der Waals surface area contributed by atoms with Crippen molar-refractivity contribution in [1.82, 2.24) is 0 Å². The Morgan fingerprint density at radius 3 is 2.30 bits per heavy atom. The summed E-state index contributed by atoms with van der Waals surface area (Å²) in [6.45, 7) is 0. The lowest BCUT2D eigenvalue weighted by molar-refractivity contribution is -0.274. The molecule has 0 bridgehead atoms. The predicted molar refractivity (Wildman–Crippen MR) is 76.2 cm³/mol. The summed E-state index contributed by atoms with van der Waals surface area (Å²) in [6.07, 6.45) is -4.74. The lowest BCUT2D eigenvalue weighted by atomic mass is 10.1. The zero-order valence-corrected chi connectivity index (χ0v) is 12.6. The summed E-state index contributed by atoms with van der Waals surface area (Å²) in [4.78, 5) is 0. The highest BCUT2D eigenvalue weighted by Crippen LogP contribution is 2.32. The first-order valence-electron chi connectivity index (χ1n) is 5.27. The van der Waals surface area contributed by atoms with Crippen molar-refractivity contribution in [3.63, 3.8) is 0 Å². The number of benzene rings is 2. The van der Waals surface area contributed by atoms with Crippen LogP contribution in [0.5, 0.6) is 5.75 Å². The van der Waals surface area contributed by atoms with Gasteiger partial charge in [-0.3, -0.25) is 0 Å². The zero-order valence-electron chi connectivity index (χ0n) is 9.64. The molecule has 106 valence electrons. The quantitative estimate of drug-likeness (QED) is 0.454. The van der Waals surface area contributed by atoms with Gasteiger partial charge in [0.2, 0.25) is 0 Å². The molecule has 0 atom stereocenters. The Kier molecular flexibility index (Phi) is 4.43. The third-order valence-corrected chi connectivity index (χ3v) is 3.60. The van der Waals surface area contributed by atoms with Crippen molar-refractivity contribution >= 4 is 34.2 Å². The van der Waals surface area contributed by atoms with E-state index < -0.39 is 12.2 Å². The van der Waals surface area contributed by atoms with E-state index in [9.17, 15) is 17.6 Å². The maximum atomic E-state index is 13.4. The van der Waals surface area contributed by atoms with Crippen LogP contribution in [-0.2, 0) is 0 Å². The highest BCUT2D eigenvalue weighted by atomic mass is 127. The van der Waals surface area contributed by atoms with Gasteiger partial charge in [0.1, 0.15) is 11.6 Å². The Hall–Kier alpha value is -1.02. The minimum Gasteiger partial charge on any atom is -0.406 e. The van der Waals surface area contributed by atoms with E-state index in [0.29, 0.717) is 14.7 Å². The van der Waals surface area contributed by atoms with Gasteiger partial charge in [-0.2, -0.15) is 0 Å². The fourth-order valence-electron chi connectivity index (χ4n) is 1.59. The summed E-state index contributed by atoms with van der Waals surface area (Å²) in [7, 11) is 0. The first kappa shape index (κ1) is 15.4. The normalized spacial score (nSPS) is 11.5. The topological polar surface area (TPSA) is 9.23 Å². The van der Waals surface area contributed by atoms with E-state index in [1.807, 2.05) is 22.6 Å². The Morgan fingerprint density at radius 1 is 1.05 bits per heavy atom. The van der Waals surface area contributed by atoms with Crippen molar-refractivity contribution in [3.8, 4) is 16.9 Å². The minimum absolute atomic E-state index is 0.0132. The smallest absolute Gasteiger partial charge is 0.406 e. The molecule has 0 amide bonds. The number of hydrogen-bond donors (Lipinski definition) is 0. The number of halogens is 6. The van der Waals surface area contributed by atoms with E-state index in [1.54, 1.807) is 6.07 Å². The van der Waals surface area contributed by atoms with Crippen molar-refractivity contribution in [2.75, 3.05) is 0 Å². The third kappa shape index (κ3) is 3.76. The van der Waals surface area contributed by atoms with Crippen molar-refractivity contribution in [2.45, 2.75) is 6.36 Å². The molecule has 1 nitrogen and oxygen atoms in total. The van der Waals surface area contributed by atoms with Crippen LogP contribution in [0, 0.1) is 9.39 Å². The van der Waals surface area contributed by atoms with Crippen LogP contribution in [0.15, 0.2) is 36.4 Å². The summed E-state index contributed by atoms with van der Waals surface area (Å²) in [5.41, 5.74) is 1.12. The molecule has 7 heteroatoms. The molecule has 0 aliphatic carbocycles. The maximum Gasteiger partial charge on any atom is 0.573 e. The molecule has 0 aliphatic rings. The second kappa shape index (κ2) is 5.77. The molecule has 0 saturated heterocycles. The Bertz CT molecular complexity index is 643. The van der Waals surface area contributed by atoms with Gasteiger partial charge >= 0.3 is 6.36 Å². The molecule has 2 aromatic carbocycles. The molecule has 0 saturated carbocycles. The van der Waals surface area contributed by atoms with Crippen LogP contribution in [0.25, 0.3) is 11.1 Å². The summed E-state index contributed by atoms with van der Waals surface area (Å²) in [6, 6.07) is 8.05.